The molecule has 1 aromatic heterocycles. The first-order valence-electron chi connectivity index (χ1n) is 6.28. The number of aryl methyl sites for hydroxylation is 1. The second-order valence-corrected chi connectivity index (χ2v) is 5.68. The molecule has 102 valence electrons. The minimum atomic E-state index is -0.436. The first kappa shape index (κ1) is 13.5. The van der Waals surface area contributed by atoms with Gasteiger partial charge in [0.15, 0.2) is 11.8 Å². The van der Waals surface area contributed by atoms with Gasteiger partial charge in [-0.05, 0) is 24.3 Å². The van der Waals surface area contributed by atoms with Gasteiger partial charge in [-0.15, -0.1) is 0 Å². The zero-order valence-electron chi connectivity index (χ0n) is 12.1. The number of aromatic nitrogens is 1. The molecule has 19 heavy (non-hydrogen) atoms. The summed E-state index contributed by atoms with van der Waals surface area (Å²) in [6, 6.07) is 7.88. The highest BCUT2D eigenvalue weighted by Gasteiger charge is 2.19. The van der Waals surface area contributed by atoms with Gasteiger partial charge < -0.3 is 14.5 Å². The lowest BCUT2D eigenvalue weighted by Crippen LogP contribution is -2.29. The van der Waals surface area contributed by atoms with Gasteiger partial charge in [0.2, 0.25) is 0 Å². The Labute approximate surface area is 113 Å². The summed E-state index contributed by atoms with van der Waals surface area (Å²) in [5.41, 5.74) is 1.52. The van der Waals surface area contributed by atoms with Crippen LogP contribution in [0.2, 0.25) is 0 Å². The molecule has 2 aromatic rings. The second kappa shape index (κ2) is 4.61. The third-order valence-electron chi connectivity index (χ3n) is 3.20. The molecule has 0 atom stereocenters. The fourth-order valence-electron chi connectivity index (χ4n) is 1.91. The topological polar surface area (TPSA) is 40.2 Å². The van der Waals surface area contributed by atoms with Crippen LogP contribution in [0.15, 0.2) is 24.3 Å². The molecule has 0 aliphatic rings. The maximum absolute atomic E-state index is 12.0. The summed E-state index contributed by atoms with van der Waals surface area (Å²) in [7, 11) is 3.60. The normalized spacial score (nSPS) is 13.0. The van der Waals surface area contributed by atoms with Gasteiger partial charge in [-0.3, -0.25) is 0 Å². The van der Waals surface area contributed by atoms with E-state index in [9.17, 15) is 5.21 Å². The molecular weight excluding hydrogens is 240 g/mol. The molecule has 0 N–H and O–H groups in total. The maximum Gasteiger partial charge on any atom is 0.198 e. The van der Waals surface area contributed by atoms with E-state index in [1.165, 1.54) is 0 Å². The number of hydrogen-bond donors (Lipinski definition) is 0. The van der Waals surface area contributed by atoms with E-state index in [4.69, 9.17) is 4.74 Å². The summed E-state index contributed by atoms with van der Waals surface area (Å²) in [4.78, 5) is 0. The molecule has 1 aromatic carbocycles. The van der Waals surface area contributed by atoms with E-state index >= 15 is 0 Å². The Balaban J connectivity index is 2.54. The average molecular weight is 260 g/mol. The average Bonchev–Trinajstić information content (AvgIpc) is 2.64. The van der Waals surface area contributed by atoms with Crippen LogP contribution in [0.4, 0.5) is 0 Å². The quantitative estimate of drug-likeness (QED) is 0.360. The maximum atomic E-state index is 12.0. The largest absolute Gasteiger partial charge is 0.623 e. The molecule has 0 saturated carbocycles. The number of hydroxylamine groups is 1. The third-order valence-corrected chi connectivity index (χ3v) is 3.20. The molecule has 4 nitrogen and oxygen atoms in total. The Bertz CT molecular complexity index is 633. The summed E-state index contributed by atoms with van der Waals surface area (Å²) in [5, 5.41) is 13.1. The first-order valence-corrected chi connectivity index (χ1v) is 6.28. The van der Waals surface area contributed by atoms with E-state index in [2.05, 4.69) is 0 Å². The van der Waals surface area contributed by atoms with Crippen molar-refractivity contribution >= 4 is 17.1 Å². The summed E-state index contributed by atoms with van der Waals surface area (Å²) < 4.78 is 8.21. The van der Waals surface area contributed by atoms with E-state index in [0.29, 0.717) is 0 Å². The zero-order chi connectivity index (χ0) is 14.2. The number of benzene rings is 1. The van der Waals surface area contributed by atoms with Crippen molar-refractivity contribution in [1.82, 2.24) is 4.57 Å². The molecule has 0 aliphatic carbocycles. The van der Waals surface area contributed by atoms with Gasteiger partial charge in [0.05, 0.1) is 7.11 Å². The van der Waals surface area contributed by atoms with E-state index in [0.717, 1.165) is 27.1 Å². The van der Waals surface area contributed by atoms with Gasteiger partial charge in [-0.25, -0.2) is 4.74 Å². The van der Waals surface area contributed by atoms with Crippen LogP contribution < -0.4 is 4.74 Å². The molecule has 4 heteroatoms. The number of hydrogen-bond acceptors (Lipinski definition) is 2. The van der Waals surface area contributed by atoms with Crippen LogP contribution >= 0.6 is 0 Å². The highest BCUT2D eigenvalue weighted by atomic mass is 16.5. The van der Waals surface area contributed by atoms with E-state index < -0.39 is 5.54 Å². The Kier molecular flexibility index (Phi) is 3.27. The fourth-order valence-corrected chi connectivity index (χ4v) is 1.91. The van der Waals surface area contributed by atoms with Crippen molar-refractivity contribution in [3.8, 4) is 5.75 Å². The van der Waals surface area contributed by atoms with Crippen molar-refractivity contribution in [3.63, 3.8) is 0 Å². The summed E-state index contributed by atoms with van der Waals surface area (Å²) in [6.45, 7) is 5.67. The number of methoxy groups -OCH3 is 1. The molecule has 0 fully saturated rings. The lowest BCUT2D eigenvalue weighted by atomic mass is 10.1. The summed E-state index contributed by atoms with van der Waals surface area (Å²) >= 11 is 0. The molecule has 0 bridgehead atoms. The van der Waals surface area contributed by atoms with Crippen molar-refractivity contribution in [2.75, 3.05) is 7.11 Å². The van der Waals surface area contributed by atoms with Crippen molar-refractivity contribution < 1.29 is 9.48 Å². The zero-order valence-corrected chi connectivity index (χ0v) is 12.1. The molecule has 0 saturated heterocycles. The van der Waals surface area contributed by atoms with Crippen molar-refractivity contribution in [1.29, 1.82) is 0 Å². The SMILES string of the molecule is COc1ccc2c(c1)cc(/C=[N+](\[O-])C(C)(C)C)n2C. The number of ether oxygens (including phenoxy) is 1. The summed E-state index contributed by atoms with van der Waals surface area (Å²) in [5.74, 6) is 0.819. The van der Waals surface area contributed by atoms with Crippen LogP contribution in [-0.4, -0.2) is 28.2 Å². The molecule has 1 heterocycles. The predicted octanol–water partition coefficient (Wildman–Crippen LogP) is 2.91. The number of fused-ring (bicyclic) bond motifs is 1. The van der Waals surface area contributed by atoms with Crippen LogP contribution in [0, 0.1) is 5.21 Å². The molecule has 0 unspecified atom stereocenters. The van der Waals surface area contributed by atoms with Crippen LogP contribution in [0.25, 0.3) is 10.9 Å². The van der Waals surface area contributed by atoms with E-state index in [-0.39, 0.29) is 0 Å². The Morgan fingerprint density at radius 1 is 1.26 bits per heavy atom. The predicted molar refractivity (Wildman–Crippen MR) is 78.0 cm³/mol. The monoisotopic (exact) mass is 260 g/mol. The highest BCUT2D eigenvalue weighted by molar-refractivity contribution is 5.90. The number of rotatable bonds is 2. The molecule has 0 spiro atoms. The van der Waals surface area contributed by atoms with Gasteiger partial charge in [0.1, 0.15) is 11.4 Å². The highest BCUT2D eigenvalue weighted by Crippen LogP contribution is 2.23. The smallest absolute Gasteiger partial charge is 0.198 e. The molecule has 0 radical (unpaired) electrons. The second-order valence-electron chi connectivity index (χ2n) is 5.68. The van der Waals surface area contributed by atoms with Gasteiger partial charge in [0, 0.05) is 38.7 Å². The van der Waals surface area contributed by atoms with Gasteiger partial charge in [0.25, 0.3) is 0 Å². The van der Waals surface area contributed by atoms with Crippen molar-refractivity contribution in [2.45, 2.75) is 26.3 Å². The Morgan fingerprint density at radius 2 is 1.95 bits per heavy atom. The van der Waals surface area contributed by atoms with Crippen LogP contribution in [0.1, 0.15) is 26.5 Å². The first-order chi connectivity index (χ1) is 8.82. The van der Waals surface area contributed by atoms with E-state index in [1.807, 2.05) is 56.7 Å². The van der Waals surface area contributed by atoms with E-state index in [1.54, 1.807) is 13.3 Å². The molecular formula is C15H20N2O2. The number of nitrogens with zero attached hydrogens (tertiary/aromatic N) is 2. The molecule has 0 amide bonds. The standard InChI is InChI=1S/C15H20N2O2/c1-15(2,3)17(18)10-12-8-11-9-13(19-5)6-7-14(11)16(12)4/h6-10H,1-5H3/b17-10-. The van der Waals surface area contributed by atoms with Crippen LogP contribution in [0.5, 0.6) is 5.75 Å². The van der Waals surface area contributed by atoms with Gasteiger partial charge >= 0.3 is 0 Å². The minimum Gasteiger partial charge on any atom is -0.623 e. The minimum absolute atomic E-state index is 0.436. The molecule has 0 aliphatic heterocycles. The van der Waals surface area contributed by atoms with Crippen LogP contribution in [0.3, 0.4) is 0 Å². The van der Waals surface area contributed by atoms with Gasteiger partial charge in [-0.2, -0.15) is 0 Å². The summed E-state index contributed by atoms with van der Waals surface area (Å²) in [6.07, 6.45) is 1.63. The third kappa shape index (κ3) is 2.57. The lowest BCUT2D eigenvalue weighted by molar-refractivity contribution is -0.530. The van der Waals surface area contributed by atoms with Crippen LogP contribution in [-0.2, 0) is 7.05 Å². The lowest BCUT2D eigenvalue weighted by Gasteiger charge is -2.18. The van der Waals surface area contributed by atoms with Gasteiger partial charge in [-0.1, -0.05) is 0 Å². The Hall–Kier alpha value is -1.97. The Morgan fingerprint density at radius 3 is 2.53 bits per heavy atom. The molecule has 2 rings (SSSR count). The van der Waals surface area contributed by atoms with Crippen molar-refractivity contribution in [2.24, 2.45) is 7.05 Å². The fraction of sp³-hybridized carbons (Fsp3) is 0.400. The van der Waals surface area contributed by atoms with Crippen molar-refractivity contribution in [3.05, 3.63) is 35.2 Å².